The average Bonchev–Trinajstić information content (AvgIpc) is 3.18. The van der Waals surface area contributed by atoms with Gasteiger partial charge in [0, 0.05) is 11.2 Å². The first-order chi connectivity index (χ1) is 11.6. The number of nitrogens with zero attached hydrogens (tertiary/aromatic N) is 2. The third kappa shape index (κ3) is 4.59. The molecule has 0 fully saturated rings. The first kappa shape index (κ1) is 17.0. The zero-order valence-corrected chi connectivity index (χ0v) is 15.7. The summed E-state index contributed by atoms with van der Waals surface area (Å²) in [7, 11) is 0. The van der Waals surface area contributed by atoms with Crippen LogP contribution in [0.25, 0.3) is 0 Å². The van der Waals surface area contributed by atoms with Gasteiger partial charge in [0.05, 0.1) is 23.8 Å². The Balaban J connectivity index is 1.59. The van der Waals surface area contributed by atoms with E-state index in [1.54, 1.807) is 6.26 Å². The van der Waals surface area contributed by atoms with Crippen LogP contribution in [0.5, 0.6) is 0 Å². The predicted octanol–water partition coefficient (Wildman–Crippen LogP) is 4.43. The highest BCUT2D eigenvalue weighted by Gasteiger charge is 2.09. The van der Waals surface area contributed by atoms with Gasteiger partial charge in [-0.05, 0) is 58.0 Å². The van der Waals surface area contributed by atoms with Crippen molar-refractivity contribution < 1.29 is 4.42 Å². The molecule has 3 aromatic rings. The van der Waals surface area contributed by atoms with Crippen LogP contribution in [-0.4, -0.2) is 14.9 Å². The van der Waals surface area contributed by atoms with Crippen molar-refractivity contribution >= 4 is 50.7 Å². The molecule has 2 aromatic heterocycles. The largest absolute Gasteiger partial charge is 0.467 e. The van der Waals surface area contributed by atoms with Crippen molar-refractivity contribution in [2.75, 3.05) is 5.32 Å². The summed E-state index contributed by atoms with van der Waals surface area (Å²) in [4.78, 5) is 0. The maximum absolute atomic E-state index is 5.90. The number of anilines is 1. The quantitative estimate of drug-likeness (QED) is 0.592. The molecule has 124 valence electrons. The Morgan fingerprint density at radius 3 is 2.79 bits per heavy atom. The molecule has 0 atom stereocenters. The summed E-state index contributed by atoms with van der Waals surface area (Å²) >= 11 is 14.7. The van der Waals surface area contributed by atoms with E-state index in [0.717, 1.165) is 20.8 Å². The third-order valence-electron chi connectivity index (χ3n) is 3.21. The third-order valence-corrected chi connectivity index (χ3v) is 4.29. The maximum atomic E-state index is 5.90. The van der Waals surface area contributed by atoms with Crippen molar-refractivity contribution in [2.45, 2.75) is 13.1 Å². The maximum Gasteiger partial charge on any atom is 0.172 e. The highest BCUT2D eigenvalue weighted by Crippen LogP contribution is 2.21. The molecular formula is C16H14BrClN4OS. The molecule has 0 amide bonds. The Hall–Kier alpha value is -1.83. The standard InChI is InChI=1S/C16H14BrClN4OS/c17-14-10-22(9-11-3-5-12(18)6-4-11)21-15(14)20-16(24)19-8-13-2-1-7-23-13/h1-7,10H,8-9H2,(H2,19,20,21,24). The van der Waals surface area contributed by atoms with Crippen LogP contribution in [0.2, 0.25) is 5.02 Å². The SMILES string of the molecule is S=C(NCc1ccco1)Nc1nn(Cc2ccc(Cl)cc2)cc1Br. The van der Waals surface area contributed by atoms with E-state index in [0.29, 0.717) is 24.0 Å². The van der Waals surface area contributed by atoms with E-state index in [1.165, 1.54) is 0 Å². The van der Waals surface area contributed by atoms with E-state index >= 15 is 0 Å². The minimum absolute atomic E-state index is 0.476. The van der Waals surface area contributed by atoms with Gasteiger partial charge in [-0.15, -0.1) is 0 Å². The smallest absolute Gasteiger partial charge is 0.172 e. The number of halogens is 2. The number of aromatic nitrogens is 2. The molecule has 0 saturated carbocycles. The number of hydrogen-bond donors (Lipinski definition) is 2. The molecule has 0 aliphatic carbocycles. The number of furan rings is 1. The highest BCUT2D eigenvalue weighted by atomic mass is 79.9. The van der Waals surface area contributed by atoms with Crippen LogP contribution < -0.4 is 10.6 Å². The Labute approximate surface area is 158 Å². The monoisotopic (exact) mass is 424 g/mol. The second kappa shape index (κ2) is 7.83. The summed E-state index contributed by atoms with van der Waals surface area (Å²) in [6.07, 6.45) is 3.52. The predicted molar refractivity (Wildman–Crippen MR) is 102 cm³/mol. The van der Waals surface area contributed by atoms with Gasteiger partial charge in [0.25, 0.3) is 0 Å². The van der Waals surface area contributed by atoms with E-state index in [-0.39, 0.29) is 0 Å². The molecule has 2 N–H and O–H groups in total. The second-order valence-electron chi connectivity index (χ2n) is 5.04. The van der Waals surface area contributed by atoms with Gasteiger partial charge in [-0.3, -0.25) is 4.68 Å². The van der Waals surface area contributed by atoms with Gasteiger partial charge < -0.3 is 15.1 Å². The van der Waals surface area contributed by atoms with E-state index in [2.05, 4.69) is 31.7 Å². The molecular weight excluding hydrogens is 412 g/mol. The zero-order valence-electron chi connectivity index (χ0n) is 12.5. The number of rotatable bonds is 5. The average molecular weight is 426 g/mol. The molecule has 1 aromatic carbocycles. The van der Waals surface area contributed by atoms with Crippen molar-refractivity contribution in [3.05, 3.63) is 69.7 Å². The lowest BCUT2D eigenvalue weighted by Gasteiger charge is -2.07. The molecule has 0 bridgehead atoms. The molecule has 24 heavy (non-hydrogen) atoms. The Morgan fingerprint density at radius 2 is 2.08 bits per heavy atom. The van der Waals surface area contributed by atoms with Crippen LogP contribution in [0.3, 0.4) is 0 Å². The lowest BCUT2D eigenvalue weighted by Crippen LogP contribution is -2.28. The minimum Gasteiger partial charge on any atom is -0.467 e. The van der Waals surface area contributed by atoms with Crippen LogP contribution in [0.4, 0.5) is 5.82 Å². The van der Waals surface area contributed by atoms with Crippen molar-refractivity contribution in [1.82, 2.24) is 15.1 Å². The molecule has 0 radical (unpaired) electrons. The molecule has 5 nitrogen and oxygen atoms in total. The topological polar surface area (TPSA) is 55.0 Å². The van der Waals surface area contributed by atoms with E-state index in [4.69, 9.17) is 28.2 Å². The van der Waals surface area contributed by atoms with Gasteiger partial charge in [-0.2, -0.15) is 5.10 Å². The fraction of sp³-hybridized carbons (Fsp3) is 0.125. The van der Waals surface area contributed by atoms with Crippen LogP contribution >= 0.6 is 39.7 Å². The van der Waals surface area contributed by atoms with E-state index in [1.807, 2.05) is 47.3 Å². The normalized spacial score (nSPS) is 10.6. The van der Waals surface area contributed by atoms with Crippen LogP contribution in [0.1, 0.15) is 11.3 Å². The summed E-state index contributed by atoms with van der Waals surface area (Å²) < 4.78 is 7.90. The van der Waals surface area contributed by atoms with E-state index in [9.17, 15) is 0 Å². The Bertz CT molecular complexity index is 817. The summed E-state index contributed by atoms with van der Waals surface area (Å²) in [5.41, 5.74) is 1.11. The lowest BCUT2D eigenvalue weighted by molar-refractivity contribution is 0.503. The number of hydrogen-bond acceptors (Lipinski definition) is 3. The summed E-state index contributed by atoms with van der Waals surface area (Å²) in [6, 6.07) is 11.4. The molecule has 0 aliphatic rings. The summed E-state index contributed by atoms with van der Waals surface area (Å²) in [5, 5.41) is 11.8. The second-order valence-corrected chi connectivity index (χ2v) is 6.74. The van der Waals surface area contributed by atoms with E-state index < -0.39 is 0 Å². The van der Waals surface area contributed by atoms with Crippen LogP contribution in [0, 0.1) is 0 Å². The first-order valence-corrected chi connectivity index (χ1v) is 8.73. The van der Waals surface area contributed by atoms with Crippen molar-refractivity contribution in [2.24, 2.45) is 0 Å². The molecule has 8 heteroatoms. The number of thiocarbonyl (C=S) groups is 1. The minimum atomic E-state index is 0.476. The molecule has 0 saturated heterocycles. The van der Waals surface area contributed by atoms with Crippen molar-refractivity contribution in [3.63, 3.8) is 0 Å². The van der Waals surface area contributed by atoms with Gasteiger partial charge in [-0.25, -0.2) is 0 Å². The number of nitrogens with one attached hydrogen (secondary N) is 2. The summed E-state index contributed by atoms with van der Waals surface area (Å²) in [5.74, 6) is 1.47. The molecule has 0 aliphatic heterocycles. The highest BCUT2D eigenvalue weighted by molar-refractivity contribution is 9.10. The molecule has 0 spiro atoms. The number of benzene rings is 1. The summed E-state index contributed by atoms with van der Waals surface area (Å²) in [6.45, 7) is 1.16. The Morgan fingerprint density at radius 1 is 1.29 bits per heavy atom. The molecule has 3 rings (SSSR count). The first-order valence-electron chi connectivity index (χ1n) is 7.15. The molecule has 0 unspecified atom stereocenters. The fourth-order valence-electron chi connectivity index (χ4n) is 2.07. The van der Waals surface area contributed by atoms with Crippen LogP contribution in [0.15, 0.2) is 57.7 Å². The fourth-order valence-corrected chi connectivity index (χ4v) is 2.78. The van der Waals surface area contributed by atoms with Gasteiger partial charge in [0.1, 0.15) is 5.76 Å². The van der Waals surface area contributed by atoms with Gasteiger partial charge >= 0.3 is 0 Å². The van der Waals surface area contributed by atoms with Crippen molar-refractivity contribution in [1.29, 1.82) is 0 Å². The van der Waals surface area contributed by atoms with Gasteiger partial charge in [0.2, 0.25) is 0 Å². The molecule has 2 heterocycles. The lowest BCUT2D eigenvalue weighted by atomic mass is 10.2. The zero-order chi connectivity index (χ0) is 16.9. The van der Waals surface area contributed by atoms with Crippen molar-refractivity contribution in [3.8, 4) is 0 Å². The Kier molecular flexibility index (Phi) is 5.55. The van der Waals surface area contributed by atoms with Gasteiger partial charge in [0.15, 0.2) is 10.9 Å². The van der Waals surface area contributed by atoms with Crippen LogP contribution in [-0.2, 0) is 13.1 Å². The van der Waals surface area contributed by atoms with Gasteiger partial charge in [-0.1, -0.05) is 23.7 Å².